The van der Waals surface area contributed by atoms with Crippen LogP contribution in [0, 0.1) is 5.92 Å². The molecule has 1 aliphatic heterocycles. The van der Waals surface area contributed by atoms with E-state index in [1.165, 1.54) is 12.5 Å². The Morgan fingerprint density at radius 2 is 1.93 bits per heavy atom. The summed E-state index contributed by atoms with van der Waals surface area (Å²) in [6, 6.07) is -0.507. The van der Waals surface area contributed by atoms with Crippen LogP contribution >= 0.6 is 11.3 Å². The largest absolute Gasteiger partial charge is 0.445 e. The predicted octanol–water partition coefficient (Wildman–Crippen LogP) is 2.87. The van der Waals surface area contributed by atoms with Gasteiger partial charge < -0.3 is 10.6 Å². The molecule has 2 atom stereocenters. The standard InChI is InChI=1S/C18H24F3N5O2S/c19-18(20,21)16-25-26-17(29-16)24-14(27)7-6-12(10-11-4-2-1-3-5-11)23-15(28)13-8-9-22-13/h6-7,11-13,22H,1-5,8-10H2,(H,23,28)(H,24,26,27)/t12-,13+/m1/s1. The molecule has 1 aromatic heterocycles. The maximum atomic E-state index is 12.6. The molecule has 1 aliphatic carbocycles. The minimum Gasteiger partial charge on any atom is -0.349 e. The summed E-state index contributed by atoms with van der Waals surface area (Å²) in [5.74, 6) is -0.228. The van der Waals surface area contributed by atoms with E-state index in [1.54, 1.807) is 6.08 Å². The molecule has 3 rings (SSSR count). The van der Waals surface area contributed by atoms with Gasteiger partial charge in [-0.3, -0.25) is 14.9 Å². The molecule has 0 spiro atoms. The third-order valence-corrected chi connectivity index (χ3v) is 6.04. The predicted molar refractivity (Wildman–Crippen MR) is 102 cm³/mol. The lowest BCUT2D eigenvalue weighted by Crippen LogP contribution is -2.55. The average molecular weight is 431 g/mol. The highest BCUT2D eigenvalue weighted by atomic mass is 32.1. The maximum Gasteiger partial charge on any atom is 0.445 e. The number of carbonyl (C=O) groups excluding carboxylic acids is 2. The molecule has 0 bridgehead atoms. The average Bonchev–Trinajstić information content (AvgIpc) is 3.08. The lowest BCUT2D eigenvalue weighted by molar-refractivity contribution is -0.138. The van der Waals surface area contributed by atoms with Crippen LogP contribution in [0.3, 0.4) is 0 Å². The number of rotatable bonds is 7. The molecule has 2 aliphatic rings. The molecule has 2 amide bonds. The first-order valence-electron chi connectivity index (χ1n) is 9.75. The van der Waals surface area contributed by atoms with E-state index in [4.69, 9.17) is 0 Å². The van der Waals surface area contributed by atoms with Gasteiger partial charge in [-0.15, -0.1) is 10.2 Å². The van der Waals surface area contributed by atoms with E-state index in [-0.39, 0.29) is 34.5 Å². The van der Waals surface area contributed by atoms with Crippen LogP contribution in [0.25, 0.3) is 0 Å². The van der Waals surface area contributed by atoms with Crippen molar-refractivity contribution in [3.63, 3.8) is 0 Å². The molecule has 1 saturated carbocycles. The summed E-state index contributed by atoms with van der Waals surface area (Å²) in [4.78, 5) is 24.4. The fraction of sp³-hybridized carbons (Fsp3) is 0.667. The zero-order valence-electron chi connectivity index (χ0n) is 15.8. The summed E-state index contributed by atoms with van der Waals surface area (Å²) in [5.41, 5.74) is 0. The number of nitrogens with one attached hydrogen (secondary N) is 3. The molecule has 3 N–H and O–H groups in total. The SMILES string of the molecule is O=C(C=C[C@H](CC1CCCCC1)NC(=O)[C@@H]1CCN1)Nc1nnc(C(F)(F)F)s1. The highest BCUT2D eigenvalue weighted by Gasteiger charge is 2.35. The van der Waals surface area contributed by atoms with Gasteiger partial charge in [-0.05, 0) is 25.3 Å². The van der Waals surface area contributed by atoms with Gasteiger partial charge in [-0.2, -0.15) is 13.2 Å². The van der Waals surface area contributed by atoms with Gasteiger partial charge in [0.25, 0.3) is 0 Å². The molecular weight excluding hydrogens is 407 g/mol. The summed E-state index contributed by atoms with van der Waals surface area (Å²) < 4.78 is 37.7. The number of aromatic nitrogens is 2. The Bertz CT molecular complexity index is 742. The third-order valence-electron chi connectivity index (χ3n) is 5.16. The highest BCUT2D eigenvalue weighted by molar-refractivity contribution is 7.15. The summed E-state index contributed by atoms with van der Waals surface area (Å²) in [6.07, 6.45) is 5.50. The summed E-state index contributed by atoms with van der Waals surface area (Å²) >= 11 is 0.265. The monoisotopic (exact) mass is 431 g/mol. The van der Waals surface area contributed by atoms with E-state index in [1.807, 2.05) is 0 Å². The van der Waals surface area contributed by atoms with Crippen molar-refractivity contribution in [1.29, 1.82) is 0 Å². The van der Waals surface area contributed by atoms with Gasteiger partial charge in [0.1, 0.15) is 0 Å². The van der Waals surface area contributed by atoms with E-state index in [9.17, 15) is 22.8 Å². The first-order valence-corrected chi connectivity index (χ1v) is 10.6. The Hall–Kier alpha value is -2.01. The van der Waals surface area contributed by atoms with Gasteiger partial charge >= 0.3 is 6.18 Å². The van der Waals surface area contributed by atoms with Gasteiger partial charge in [-0.25, -0.2) is 0 Å². The lowest BCUT2D eigenvalue weighted by Gasteiger charge is -2.30. The molecule has 29 heavy (non-hydrogen) atoms. The number of hydrogen-bond acceptors (Lipinski definition) is 6. The van der Waals surface area contributed by atoms with Crippen molar-refractivity contribution in [2.75, 3.05) is 11.9 Å². The lowest BCUT2D eigenvalue weighted by atomic mass is 9.84. The van der Waals surface area contributed by atoms with Gasteiger partial charge in [0.15, 0.2) is 0 Å². The Morgan fingerprint density at radius 1 is 1.21 bits per heavy atom. The first-order chi connectivity index (χ1) is 13.8. The minimum absolute atomic E-state index is 0.0962. The Balaban J connectivity index is 1.58. The number of halogens is 3. The third kappa shape index (κ3) is 6.49. The van der Waals surface area contributed by atoms with E-state index in [2.05, 4.69) is 26.1 Å². The van der Waals surface area contributed by atoms with Crippen LogP contribution in [-0.2, 0) is 15.8 Å². The van der Waals surface area contributed by atoms with Crippen LogP contribution in [0.4, 0.5) is 18.3 Å². The minimum atomic E-state index is -4.60. The number of nitrogens with zero attached hydrogens (tertiary/aromatic N) is 2. The summed E-state index contributed by atoms with van der Waals surface area (Å²) in [6.45, 7) is 0.811. The van der Waals surface area contributed by atoms with Crippen molar-refractivity contribution in [1.82, 2.24) is 20.8 Å². The van der Waals surface area contributed by atoms with Gasteiger partial charge in [0.05, 0.1) is 6.04 Å². The van der Waals surface area contributed by atoms with Gasteiger partial charge in [0.2, 0.25) is 22.0 Å². The molecule has 1 saturated heterocycles. The highest BCUT2D eigenvalue weighted by Crippen LogP contribution is 2.33. The van der Waals surface area contributed by atoms with Crippen molar-refractivity contribution >= 4 is 28.3 Å². The van der Waals surface area contributed by atoms with Crippen LogP contribution < -0.4 is 16.0 Å². The van der Waals surface area contributed by atoms with Crippen LogP contribution in [0.15, 0.2) is 12.2 Å². The van der Waals surface area contributed by atoms with Crippen LogP contribution in [0.5, 0.6) is 0 Å². The molecule has 0 aromatic carbocycles. The van der Waals surface area contributed by atoms with E-state index < -0.39 is 17.1 Å². The molecule has 2 heterocycles. The summed E-state index contributed by atoms with van der Waals surface area (Å²) in [7, 11) is 0. The molecule has 160 valence electrons. The van der Waals surface area contributed by atoms with Crippen LogP contribution in [-0.4, -0.2) is 40.6 Å². The molecule has 1 aromatic rings. The smallest absolute Gasteiger partial charge is 0.349 e. The molecular formula is C18H24F3N5O2S. The molecule has 0 unspecified atom stereocenters. The van der Waals surface area contributed by atoms with Crippen molar-refractivity contribution in [3.05, 3.63) is 17.2 Å². The first kappa shape index (κ1) is 21.7. The molecule has 0 radical (unpaired) electrons. The summed E-state index contributed by atoms with van der Waals surface area (Å²) in [5, 5.41) is 13.3. The number of anilines is 1. The Kier molecular flexibility index (Phi) is 7.23. The van der Waals surface area contributed by atoms with Crippen molar-refractivity contribution in [2.24, 2.45) is 5.92 Å². The number of amides is 2. The Morgan fingerprint density at radius 3 is 2.52 bits per heavy atom. The van der Waals surface area contributed by atoms with E-state index >= 15 is 0 Å². The molecule has 7 nitrogen and oxygen atoms in total. The second kappa shape index (κ2) is 9.66. The van der Waals surface area contributed by atoms with Gasteiger partial charge in [0, 0.05) is 12.1 Å². The van der Waals surface area contributed by atoms with E-state index in [0.717, 1.165) is 45.1 Å². The van der Waals surface area contributed by atoms with Crippen molar-refractivity contribution < 1.29 is 22.8 Å². The van der Waals surface area contributed by atoms with Crippen LogP contribution in [0.2, 0.25) is 0 Å². The number of alkyl halides is 3. The second-order valence-electron chi connectivity index (χ2n) is 7.41. The normalized spacial score (nSPS) is 21.6. The van der Waals surface area contributed by atoms with E-state index in [0.29, 0.717) is 5.92 Å². The zero-order valence-corrected chi connectivity index (χ0v) is 16.6. The van der Waals surface area contributed by atoms with Crippen molar-refractivity contribution in [3.8, 4) is 0 Å². The quantitative estimate of drug-likeness (QED) is 0.577. The maximum absolute atomic E-state index is 12.6. The fourth-order valence-corrected chi connectivity index (χ4v) is 4.12. The number of hydrogen-bond donors (Lipinski definition) is 3. The second-order valence-corrected chi connectivity index (χ2v) is 8.39. The van der Waals surface area contributed by atoms with Gasteiger partial charge in [-0.1, -0.05) is 49.5 Å². The van der Waals surface area contributed by atoms with Crippen molar-refractivity contribution in [2.45, 2.75) is 63.2 Å². The fourth-order valence-electron chi connectivity index (χ4n) is 3.50. The van der Waals surface area contributed by atoms with Crippen LogP contribution in [0.1, 0.15) is 50.0 Å². The molecule has 11 heteroatoms. The number of carbonyl (C=O) groups is 2. The topological polar surface area (TPSA) is 96.0 Å². The molecule has 2 fully saturated rings. The zero-order chi connectivity index (χ0) is 20.9. The Labute approximate surface area is 170 Å².